The van der Waals surface area contributed by atoms with Crippen molar-refractivity contribution in [3.8, 4) is 0 Å². The van der Waals surface area contributed by atoms with Crippen molar-refractivity contribution in [3.63, 3.8) is 0 Å². The van der Waals surface area contributed by atoms with Crippen molar-refractivity contribution in [2.24, 2.45) is 11.7 Å². The van der Waals surface area contributed by atoms with Crippen molar-refractivity contribution in [1.82, 2.24) is 4.72 Å². The van der Waals surface area contributed by atoms with Crippen molar-refractivity contribution in [1.29, 1.82) is 0 Å². The summed E-state index contributed by atoms with van der Waals surface area (Å²) in [6.45, 7) is 1.75. The van der Waals surface area contributed by atoms with E-state index in [0.717, 1.165) is 12.5 Å². The Hall–Kier alpha value is -1.02. The Kier molecular flexibility index (Phi) is 5.69. The average Bonchev–Trinajstić information content (AvgIpc) is 3.27. The summed E-state index contributed by atoms with van der Waals surface area (Å²) in [5.41, 5.74) is 6.13. The second-order valence-corrected chi connectivity index (χ2v) is 7.37. The van der Waals surface area contributed by atoms with Crippen LogP contribution in [0.15, 0.2) is 29.2 Å². The number of benzene rings is 1. The number of hydrogen-bond acceptors (Lipinski definition) is 4. The number of sulfonamides is 1. The van der Waals surface area contributed by atoms with Gasteiger partial charge in [0.15, 0.2) is 0 Å². The Morgan fingerprint density at radius 3 is 2.57 bits per heavy atom. The fraction of sp³-hybridized carbons (Fsp3) is 0.500. The van der Waals surface area contributed by atoms with E-state index in [1.807, 2.05) is 0 Å². The SMILES string of the molecule is NC(=S)c1ccc(S(=O)(=O)NCCCOCC2CC2)cc1. The van der Waals surface area contributed by atoms with E-state index in [1.165, 1.54) is 25.0 Å². The molecule has 1 aliphatic rings. The highest BCUT2D eigenvalue weighted by atomic mass is 32.2. The molecule has 0 aromatic heterocycles. The molecule has 1 saturated carbocycles. The van der Waals surface area contributed by atoms with Gasteiger partial charge in [0.05, 0.1) is 4.90 Å². The minimum atomic E-state index is -3.48. The first-order valence-electron chi connectivity index (χ1n) is 6.96. The maximum atomic E-state index is 12.0. The van der Waals surface area contributed by atoms with Gasteiger partial charge in [-0.15, -0.1) is 0 Å². The number of hydrogen-bond donors (Lipinski definition) is 2. The molecular weight excluding hydrogens is 308 g/mol. The molecule has 0 spiro atoms. The lowest BCUT2D eigenvalue weighted by Crippen LogP contribution is -2.25. The number of thiocarbonyl (C=S) groups is 1. The van der Waals surface area contributed by atoms with Crippen molar-refractivity contribution in [2.75, 3.05) is 19.8 Å². The highest BCUT2D eigenvalue weighted by Crippen LogP contribution is 2.28. The van der Waals surface area contributed by atoms with Crippen LogP contribution in [-0.4, -0.2) is 33.2 Å². The Balaban J connectivity index is 1.75. The number of nitrogens with one attached hydrogen (secondary N) is 1. The van der Waals surface area contributed by atoms with Gasteiger partial charge < -0.3 is 10.5 Å². The molecule has 0 saturated heterocycles. The monoisotopic (exact) mass is 328 g/mol. The van der Waals surface area contributed by atoms with Crippen LogP contribution in [0, 0.1) is 5.92 Å². The molecule has 0 unspecified atom stereocenters. The van der Waals surface area contributed by atoms with Gasteiger partial charge in [0.2, 0.25) is 10.0 Å². The van der Waals surface area contributed by atoms with E-state index in [2.05, 4.69) is 4.72 Å². The molecule has 0 aliphatic heterocycles. The molecule has 7 heteroatoms. The highest BCUT2D eigenvalue weighted by Gasteiger charge is 2.20. The minimum Gasteiger partial charge on any atom is -0.389 e. The Bertz CT molecular complexity index is 581. The molecule has 0 amide bonds. The molecule has 0 heterocycles. The predicted molar refractivity (Wildman–Crippen MR) is 85.7 cm³/mol. The van der Waals surface area contributed by atoms with Gasteiger partial charge in [-0.05, 0) is 37.3 Å². The predicted octanol–water partition coefficient (Wildman–Crippen LogP) is 1.42. The van der Waals surface area contributed by atoms with Crippen LogP contribution in [0.5, 0.6) is 0 Å². The van der Waals surface area contributed by atoms with Gasteiger partial charge in [0.25, 0.3) is 0 Å². The van der Waals surface area contributed by atoms with Crippen LogP contribution in [0.4, 0.5) is 0 Å². The first-order valence-corrected chi connectivity index (χ1v) is 8.85. The van der Waals surface area contributed by atoms with Gasteiger partial charge >= 0.3 is 0 Å². The van der Waals surface area contributed by atoms with Gasteiger partial charge in [0.1, 0.15) is 4.99 Å². The fourth-order valence-corrected chi connectivity index (χ4v) is 3.01. The first kappa shape index (κ1) is 16.4. The van der Waals surface area contributed by atoms with Crippen LogP contribution in [-0.2, 0) is 14.8 Å². The lowest BCUT2D eigenvalue weighted by atomic mass is 10.2. The largest absolute Gasteiger partial charge is 0.389 e. The van der Waals surface area contributed by atoms with Gasteiger partial charge in [-0.25, -0.2) is 13.1 Å². The molecule has 0 bridgehead atoms. The van der Waals surface area contributed by atoms with Gasteiger partial charge in [-0.3, -0.25) is 0 Å². The second kappa shape index (κ2) is 7.31. The molecule has 0 radical (unpaired) electrons. The van der Waals surface area contributed by atoms with E-state index < -0.39 is 10.0 Å². The lowest BCUT2D eigenvalue weighted by Gasteiger charge is -2.08. The molecule has 5 nitrogen and oxygen atoms in total. The zero-order valence-corrected chi connectivity index (χ0v) is 13.4. The van der Waals surface area contributed by atoms with E-state index >= 15 is 0 Å². The van der Waals surface area contributed by atoms with E-state index in [9.17, 15) is 8.42 Å². The maximum Gasteiger partial charge on any atom is 0.240 e. The third-order valence-electron chi connectivity index (χ3n) is 3.26. The molecule has 1 aromatic rings. The number of rotatable bonds is 9. The number of nitrogens with two attached hydrogens (primary N) is 1. The molecule has 0 atom stereocenters. The normalized spacial score (nSPS) is 15.0. The zero-order valence-electron chi connectivity index (χ0n) is 11.7. The minimum absolute atomic E-state index is 0.210. The Morgan fingerprint density at radius 2 is 2.00 bits per heavy atom. The van der Waals surface area contributed by atoms with Crippen molar-refractivity contribution >= 4 is 27.2 Å². The van der Waals surface area contributed by atoms with Crippen LogP contribution in [0.2, 0.25) is 0 Å². The molecule has 116 valence electrons. The summed E-state index contributed by atoms with van der Waals surface area (Å²) in [6.07, 6.45) is 3.18. The summed E-state index contributed by atoms with van der Waals surface area (Å²) in [5, 5.41) is 0. The lowest BCUT2D eigenvalue weighted by molar-refractivity contribution is 0.123. The van der Waals surface area contributed by atoms with Crippen LogP contribution in [0.3, 0.4) is 0 Å². The Morgan fingerprint density at radius 1 is 1.33 bits per heavy atom. The second-order valence-electron chi connectivity index (χ2n) is 5.16. The van der Waals surface area contributed by atoms with Gasteiger partial charge in [-0.2, -0.15) is 0 Å². The summed E-state index contributed by atoms with van der Waals surface area (Å²) < 4.78 is 32.1. The highest BCUT2D eigenvalue weighted by molar-refractivity contribution is 7.89. The summed E-state index contributed by atoms with van der Waals surface area (Å²) in [7, 11) is -3.48. The molecule has 3 N–H and O–H groups in total. The van der Waals surface area contributed by atoms with E-state index in [0.29, 0.717) is 25.1 Å². The van der Waals surface area contributed by atoms with Gasteiger partial charge in [-0.1, -0.05) is 24.4 Å². The van der Waals surface area contributed by atoms with Crippen LogP contribution < -0.4 is 10.5 Å². The van der Waals surface area contributed by atoms with Crippen LogP contribution in [0.25, 0.3) is 0 Å². The summed E-state index contributed by atoms with van der Waals surface area (Å²) >= 11 is 4.83. The van der Waals surface area contributed by atoms with Crippen molar-refractivity contribution < 1.29 is 13.2 Å². The molecular formula is C14H20N2O3S2. The van der Waals surface area contributed by atoms with Crippen LogP contribution >= 0.6 is 12.2 Å². The first-order chi connectivity index (χ1) is 9.99. The van der Waals surface area contributed by atoms with Gasteiger partial charge in [0, 0.05) is 25.3 Å². The molecule has 1 aromatic carbocycles. The van der Waals surface area contributed by atoms with Crippen molar-refractivity contribution in [2.45, 2.75) is 24.2 Å². The smallest absolute Gasteiger partial charge is 0.240 e. The topological polar surface area (TPSA) is 81.4 Å². The zero-order chi connectivity index (χ0) is 15.3. The molecule has 2 rings (SSSR count). The van der Waals surface area contributed by atoms with E-state index in [1.54, 1.807) is 12.1 Å². The Labute approximate surface area is 130 Å². The maximum absolute atomic E-state index is 12.0. The van der Waals surface area contributed by atoms with Crippen LogP contribution in [0.1, 0.15) is 24.8 Å². The third-order valence-corrected chi connectivity index (χ3v) is 4.97. The third kappa shape index (κ3) is 5.35. The van der Waals surface area contributed by atoms with E-state index in [-0.39, 0.29) is 9.88 Å². The van der Waals surface area contributed by atoms with Crippen molar-refractivity contribution in [3.05, 3.63) is 29.8 Å². The fourth-order valence-electron chi connectivity index (χ4n) is 1.80. The standard InChI is InChI=1S/C14H20N2O3S2/c15-14(20)12-4-6-13(7-5-12)21(17,18)16-8-1-9-19-10-11-2-3-11/h4-7,11,16H,1-3,8-10H2,(H2,15,20). The summed E-state index contributed by atoms with van der Waals surface area (Å²) in [5.74, 6) is 0.730. The molecule has 1 aliphatic carbocycles. The molecule has 21 heavy (non-hydrogen) atoms. The summed E-state index contributed by atoms with van der Waals surface area (Å²) in [4.78, 5) is 0.459. The molecule has 1 fully saturated rings. The van der Waals surface area contributed by atoms with E-state index in [4.69, 9.17) is 22.7 Å². The quantitative estimate of drug-likeness (QED) is 0.529. The average molecular weight is 328 g/mol. The summed E-state index contributed by atoms with van der Waals surface area (Å²) in [6, 6.07) is 6.21. The number of ether oxygens (including phenoxy) is 1.